The van der Waals surface area contributed by atoms with Crippen molar-refractivity contribution in [3.05, 3.63) is 35.9 Å². The lowest BCUT2D eigenvalue weighted by atomic mass is 10.1. The molecule has 1 amide bonds. The van der Waals surface area contributed by atoms with Gasteiger partial charge in [0, 0.05) is 25.5 Å². The number of carbonyl (C=O) groups is 1. The molecule has 0 spiro atoms. The van der Waals surface area contributed by atoms with Crippen molar-refractivity contribution in [2.45, 2.75) is 26.2 Å². The molecule has 3 heterocycles. The number of piperidine rings is 1. The molecule has 0 unspecified atom stereocenters. The van der Waals surface area contributed by atoms with Crippen LogP contribution in [0.2, 0.25) is 0 Å². The predicted molar refractivity (Wildman–Crippen MR) is 89.4 cm³/mol. The number of carbonyl (C=O) groups excluding carboxylic acids is 1. The van der Waals surface area contributed by atoms with E-state index >= 15 is 0 Å². The van der Waals surface area contributed by atoms with Crippen molar-refractivity contribution in [1.82, 2.24) is 15.0 Å². The van der Waals surface area contributed by atoms with E-state index in [-0.39, 0.29) is 17.4 Å². The van der Waals surface area contributed by atoms with Gasteiger partial charge in [0.1, 0.15) is 5.82 Å². The third-order valence-electron chi connectivity index (χ3n) is 3.91. The van der Waals surface area contributed by atoms with Gasteiger partial charge < -0.3 is 16.0 Å². The molecule has 0 radical (unpaired) electrons. The first kappa shape index (κ1) is 15.2. The van der Waals surface area contributed by atoms with Crippen molar-refractivity contribution in [1.29, 1.82) is 0 Å². The number of amides is 1. The normalized spacial score (nSPS) is 14.6. The van der Waals surface area contributed by atoms with Crippen molar-refractivity contribution in [3.63, 3.8) is 0 Å². The maximum Gasteiger partial charge on any atom is 0.278 e. The lowest BCUT2D eigenvalue weighted by molar-refractivity contribution is 0.102. The van der Waals surface area contributed by atoms with Gasteiger partial charge in [-0.25, -0.2) is 15.0 Å². The lowest BCUT2D eigenvalue weighted by Crippen LogP contribution is -2.30. The number of rotatable bonds is 3. The fourth-order valence-corrected chi connectivity index (χ4v) is 2.79. The first-order valence-corrected chi connectivity index (χ1v) is 7.74. The number of anilines is 3. The quantitative estimate of drug-likeness (QED) is 0.899. The van der Waals surface area contributed by atoms with Gasteiger partial charge in [-0.3, -0.25) is 4.79 Å². The molecule has 23 heavy (non-hydrogen) atoms. The van der Waals surface area contributed by atoms with E-state index in [2.05, 4.69) is 25.2 Å². The van der Waals surface area contributed by atoms with Crippen molar-refractivity contribution in [3.8, 4) is 0 Å². The first-order valence-electron chi connectivity index (χ1n) is 7.74. The van der Waals surface area contributed by atoms with Crippen molar-refractivity contribution >= 4 is 23.2 Å². The Hall–Kier alpha value is -2.70. The summed E-state index contributed by atoms with van der Waals surface area (Å²) in [6, 6.07) is 1.92. The zero-order valence-corrected chi connectivity index (χ0v) is 13.1. The Kier molecular flexibility index (Phi) is 4.36. The molecule has 0 atom stereocenters. The number of nitrogen functional groups attached to an aromatic ring is 1. The molecule has 1 saturated heterocycles. The van der Waals surface area contributed by atoms with Gasteiger partial charge in [0.25, 0.3) is 5.91 Å². The van der Waals surface area contributed by atoms with Gasteiger partial charge in [-0.2, -0.15) is 0 Å². The van der Waals surface area contributed by atoms with Crippen molar-refractivity contribution < 1.29 is 4.79 Å². The van der Waals surface area contributed by atoms with Gasteiger partial charge in [-0.1, -0.05) is 0 Å². The monoisotopic (exact) mass is 312 g/mol. The molecule has 1 aliphatic heterocycles. The lowest BCUT2D eigenvalue weighted by Gasteiger charge is -2.29. The van der Waals surface area contributed by atoms with Crippen molar-refractivity contribution in [2.75, 3.05) is 29.0 Å². The number of hydrogen-bond donors (Lipinski definition) is 2. The van der Waals surface area contributed by atoms with E-state index in [1.54, 1.807) is 6.20 Å². The van der Waals surface area contributed by atoms with E-state index in [1.807, 2.05) is 13.0 Å². The summed E-state index contributed by atoms with van der Waals surface area (Å²) >= 11 is 0. The molecule has 3 rings (SSSR count). The topological polar surface area (TPSA) is 97.0 Å². The maximum absolute atomic E-state index is 12.2. The Morgan fingerprint density at radius 3 is 2.61 bits per heavy atom. The number of hydrogen-bond acceptors (Lipinski definition) is 6. The highest BCUT2D eigenvalue weighted by Gasteiger charge is 2.16. The van der Waals surface area contributed by atoms with Crippen LogP contribution < -0.4 is 16.0 Å². The van der Waals surface area contributed by atoms with Crippen LogP contribution in [0.1, 0.15) is 35.3 Å². The minimum Gasteiger partial charge on any atom is -0.382 e. The minimum atomic E-state index is -0.387. The molecule has 0 saturated carbocycles. The second kappa shape index (κ2) is 6.60. The molecular formula is C16H20N6O. The number of nitrogens with zero attached hydrogens (tertiary/aromatic N) is 4. The number of aryl methyl sites for hydroxylation is 1. The summed E-state index contributed by atoms with van der Waals surface area (Å²) in [5.74, 6) is 0.712. The first-order chi connectivity index (χ1) is 11.1. The summed E-state index contributed by atoms with van der Waals surface area (Å²) in [7, 11) is 0. The van der Waals surface area contributed by atoms with Gasteiger partial charge in [0.15, 0.2) is 11.5 Å². The van der Waals surface area contributed by atoms with Gasteiger partial charge in [-0.15, -0.1) is 0 Å². The van der Waals surface area contributed by atoms with Crippen LogP contribution in [0.5, 0.6) is 0 Å². The van der Waals surface area contributed by atoms with Crippen LogP contribution in [0, 0.1) is 6.92 Å². The molecule has 2 aromatic heterocycles. The summed E-state index contributed by atoms with van der Waals surface area (Å²) in [5.41, 5.74) is 7.45. The minimum absolute atomic E-state index is 0.111. The van der Waals surface area contributed by atoms with Gasteiger partial charge >= 0.3 is 0 Å². The molecule has 0 bridgehead atoms. The molecule has 0 aromatic carbocycles. The highest BCUT2D eigenvalue weighted by molar-refractivity contribution is 6.05. The van der Waals surface area contributed by atoms with Gasteiger partial charge in [0.2, 0.25) is 0 Å². The molecule has 7 heteroatoms. The van der Waals surface area contributed by atoms with Crippen LogP contribution in [0.15, 0.2) is 24.7 Å². The van der Waals surface area contributed by atoms with Crippen LogP contribution in [0.25, 0.3) is 0 Å². The molecule has 120 valence electrons. The SMILES string of the molecule is Cc1cc(NC(=O)c2nccnc2N)cnc1N1CCCCC1. The fraction of sp³-hybridized carbons (Fsp3) is 0.375. The molecule has 2 aromatic rings. The van der Waals surface area contributed by atoms with E-state index in [0.717, 1.165) is 24.5 Å². The molecule has 7 nitrogen and oxygen atoms in total. The van der Waals surface area contributed by atoms with E-state index in [4.69, 9.17) is 5.73 Å². The highest BCUT2D eigenvalue weighted by atomic mass is 16.1. The standard InChI is InChI=1S/C16H20N6O/c1-11-9-12(10-20-15(11)22-7-3-2-4-8-22)21-16(23)13-14(17)19-6-5-18-13/h5-6,9-10H,2-4,7-8H2,1H3,(H2,17,19)(H,21,23). The van der Waals surface area contributed by atoms with Crippen LogP contribution in [0.4, 0.5) is 17.3 Å². The summed E-state index contributed by atoms with van der Waals surface area (Å²) in [6.07, 6.45) is 8.24. The molecule has 3 N–H and O–H groups in total. The van der Waals surface area contributed by atoms with Crippen molar-refractivity contribution in [2.24, 2.45) is 0 Å². The predicted octanol–water partition coefficient (Wildman–Crippen LogP) is 2.00. The molecule has 1 fully saturated rings. The average Bonchev–Trinajstić information content (AvgIpc) is 2.56. The molecular weight excluding hydrogens is 292 g/mol. The summed E-state index contributed by atoms with van der Waals surface area (Å²) in [6.45, 7) is 4.08. The highest BCUT2D eigenvalue weighted by Crippen LogP contribution is 2.23. The second-order valence-electron chi connectivity index (χ2n) is 5.66. The van der Waals surface area contributed by atoms with Gasteiger partial charge in [0.05, 0.1) is 11.9 Å². The van der Waals surface area contributed by atoms with E-state index < -0.39 is 0 Å². The zero-order valence-electron chi connectivity index (χ0n) is 13.1. The largest absolute Gasteiger partial charge is 0.382 e. The van der Waals surface area contributed by atoms with E-state index in [0.29, 0.717) is 5.69 Å². The number of nitrogens with one attached hydrogen (secondary N) is 1. The zero-order chi connectivity index (χ0) is 16.2. The number of aromatic nitrogens is 3. The molecule has 1 aliphatic rings. The average molecular weight is 312 g/mol. The van der Waals surface area contributed by atoms with E-state index in [1.165, 1.54) is 31.7 Å². The smallest absolute Gasteiger partial charge is 0.278 e. The Balaban J connectivity index is 1.75. The summed E-state index contributed by atoms with van der Waals surface area (Å²) in [4.78, 5) is 26.8. The third-order valence-corrected chi connectivity index (χ3v) is 3.91. The Morgan fingerprint density at radius 2 is 1.91 bits per heavy atom. The van der Waals surface area contributed by atoms with Crippen LogP contribution in [0.3, 0.4) is 0 Å². The van der Waals surface area contributed by atoms with Gasteiger partial charge in [-0.05, 0) is 37.8 Å². The van der Waals surface area contributed by atoms with E-state index in [9.17, 15) is 4.79 Å². The fourth-order valence-electron chi connectivity index (χ4n) is 2.79. The summed E-state index contributed by atoms with van der Waals surface area (Å²) < 4.78 is 0. The Labute approximate surface area is 135 Å². The van der Waals surface area contributed by atoms with Crippen LogP contribution >= 0.6 is 0 Å². The number of pyridine rings is 1. The van der Waals surface area contributed by atoms with Crippen LogP contribution in [-0.2, 0) is 0 Å². The third kappa shape index (κ3) is 3.39. The second-order valence-corrected chi connectivity index (χ2v) is 5.66. The maximum atomic E-state index is 12.2. The van der Waals surface area contributed by atoms with Crippen LogP contribution in [-0.4, -0.2) is 33.9 Å². The number of nitrogens with two attached hydrogens (primary N) is 1. The molecule has 0 aliphatic carbocycles. The Bertz CT molecular complexity index is 711. The summed E-state index contributed by atoms with van der Waals surface area (Å²) in [5, 5.41) is 2.77. The Morgan fingerprint density at radius 1 is 1.17 bits per heavy atom.